The van der Waals surface area contributed by atoms with Crippen LogP contribution in [-0.2, 0) is 9.59 Å². The van der Waals surface area contributed by atoms with Gasteiger partial charge in [0.25, 0.3) is 0 Å². The standard InChI is InChI=1S/C15H20ClN3O2/c1-10(17)6-7-18-15(21)11-8-14(20)19(9-11)13-4-2-12(16)3-5-13/h2-5,10-11H,6-9,17H2,1H3,(H,18,21). The van der Waals surface area contributed by atoms with Gasteiger partial charge in [-0.1, -0.05) is 11.6 Å². The summed E-state index contributed by atoms with van der Waals surface area (Å²) < 4.78 is 0. The van der Waals surface area contributed by atoms with E-state index in [9.17, 15) is 9.59 Å². The number of rotatable bonds is 5. The lowest BCUT2D eigenvalue weighted by atomic mass is 10.1. The summed E-state index contributed by atoms with van der Waals surface area (Å²) in [4.78, 5) is 25.7. The van der Waals surface area contributed by atoms with Crippen LogP contribution in [0.5, 0.6) is 0 Å². The maximum Gasteiger partial charge on any atom is 0.227 e. The molecule has 0 bridgehead atoms. The Kier molecular flexibility index (Phi) is 5.20. The first-order valence-corrected chi connectivity index (χ1v) is 7.44. The van der Waals surface area contributed by atoms with E-state index < -0.39 is 0 Å². The predicted octanol–water partition coefficient (Wildman–Crippen LogP) is 1.55. The second-order valence-corrected chi connectivity index (χ2v) is 5.88. The van der Waals surface area contributed by atoms with E-state index in [2.05, 4.69) is 5.32 Å². The number of halogens is 1. The van der Waals surface area contributed by atoms with Crippen molar-refractivity contribution in [2.24, 2.45) is 11.7 Å². The van der Waals surface area contributed by atoms with Crippen molar-refractivity contribution in [1.29, 1.82) is 0 Å². The molecular formula is C15H20ClN3O2. The van der Waals surface area contributed by atoms with Crippen LogP contribution in [0.4, 0.5) is 5.69 Å². The smallest absolute Gasteiger partial charge is 0.227 e. The van der Waals surface area contributed by atoms with Crippen LogP contribution in [0.3, 0.4) is 0 Å². The summed E-state index contributed by atoms with van der Waals surface area (Å²) in [5, 5.41) is 3.46. The number of nitrogens with one attached hydrogen (secondary N) is 1. The Balaban J connectivity index is 1.93. The number of nitrogens with zero attached hydrogens (tertiary/aromatic N) is 1. The molecule has 1 aliphatic rings. The molecule has 1 heterocycles. The minimum Gasteiger partial charge on any atom is -0.356 e. The van der Waals surface area contributed by atoms with Crippen LogP contribution in [0.1, 0.15) is 19.8 Å². The van der Waals surface area contributed by atoms with Crippen molar-refractivity contribution in [3.05, 3.63) is 29.3 Å². The highest BCUT2D eigenvalue weighted by Crippen LogP contribution is 2.26. The third kappa shape index (κ3) is 4.19. The van der Waals surface area contributed by atoms with Crippen LogP contribution in [0.15, 0.2) is 24.3 Å². The molecule has 1 aromatic rings. The molecule has 1 fully saturated rings. The van der Waals surface area contributed by atoms with Gasteiger partial charge in [-0.05, 0) is 37.6 Å². The van der Waals surface area contributed by atoms with Gasteiger partial charge >= 0.3 is 0 Å². The van der Waals surface area contributed by atoms with Gasteiger partial charge in [0.05, 0.1) is 5.92 Å². The second kappa shape index (κ2) is 6.91. The van der Waals surface area contributed by atoms with Gasteiger partial charge < -0.3 is 16.0 Å². The van der Waals surface area contributed by atoms with E-state index in [0.717, 1.165) is 12.1 Å². The average Bonchev–Trinajstić information content (AvgIpc) is 2.81. The Bertz CT molecular complexity index is 516. The quantitative estimate of drug-likeness (QED) is 0.866. The molecule has 21 heavy (non-hydrogen) atoms. The van der Waals surface area contributed by atoms with Crippen LogP contribution in [0.25, 0.3) is 0 Å². The Labute approximate surface area is 129 Å². The predicted molar refractivity (Wildman–Crippen MR) is 83.2 cm³/mol. The fourth-order valence-corrected chi connectivity index (χ4v) is 2.45. The number of anilines is 1. The summed E-state index contributed by atoms with van der Waals surface area (Å²) >= 11 is 5.84. The van der Waals surface area contributed by atoms with Crippen molar-refractivity contribution in [2.75, 3.05) is 18.0 Å². The van der Waals surface area contributed by atoms with Crippen LogP contribution >= 0.6 is 11.6 Å². The molecular weight excluding hydrogens is 290 g/mol. The summed E-state index contributed by atoms with van der Waals surface area (Å²) in [6.07, 6.45) is 0.972. The minimum atomic E-state index is -0.304. The van der Waals surface area contributed by atoms with E-state index >= 15 is 0 Å². The van der Waals surface area contributed by atoms with Crippen molar-refractivity contribution in [1.82, 2.24) is 5.32 Å². The third-order valence-electron chi connectivity index (χ3n) is 3.53. The van der Waals surface area contributed by atoms with Crippen molar-refractivity contribution in [3.63, 3.8) is 0 Å². The topological polar surface area (TPSA) is 75.4 Å². The number of benzene rings is 1. The Morgan fingerprint density at radius 1 is 1.48 bits per heavy atom. The Morgan fingerprint density at radius 3 is 2.76 bits per heavy atom. The van der Waals surface area contributed by atoms with Crippen LogP contribution in [0.2, 0.25) is 5.02 Å². The molecule has 2 rings (SSSR count). The number of carbonyl (C=O) groups is 2. The maximum atomic E-state index is 12.1. The molecule has 0 saturated carbocycles. The Morgan fingerprint density at radius 2 is 2.14 bits per heavy atom. The van der Waals surface area contributed by atoms with E-state index in [1.54, 1.807) is 29.2 Å². The van der Waals surface area contributed by atoms with Gasteiger partial charge in [-0.15, -0.1) is 0 Å². The third-order valence-corrected chi connectivity index (χ3v) is 3.79. The SMILES string of the molecule is CC(N)CCNC(=O)C1CC(=O)N(c2ccc(Cl)cc2)C1. The zero-order chi connectivity index (χ0) is 15.4. The van der Waals surface area contributed by atoms with Crippen molar-refractivity contribution >= 4 is 29.1 Å². The van der Waals surface area contributed by atoms with Crippen molar-refractivity contribution in [2.45, 2.75) is 25.8 Å². The van der Waals surface area contributed by atoms with Gasteiger partial charge in [-0.3, -0.25) is 9.59 Å². The first-order valence-electron chi connectivity index (χ1n) is 7.06. The zero-order valence-electron chi connectivity index (χ0n) is 12.0. The van der Waals surface area contributed by atoms with Gasteiger partial charge in [0.15, 0.2) is 0 Å². The molecule has 114 valence electrons. The zero-order valence-corrected chi connectivity index (χ0v) is 12.8. The van der Waals surface area contributed by atoms with Gasteiger partial charge in [0.1, 0.15) is 0 Å². The number of hydrogen-bond acceptors (Lipinski definition) is 3. The average molecular weight is 310 g/mol. The Hall–Kier alpha value is -1.59. The number of hydrogen-bond donors (Lipinski definition) is 2. The van der Waals surface area contributed by atoms with Gasteiger partial charge in [0.2, 0.25) is 11.8 Å². The van der Waals surface area contributed by atoms with Gasteiger partial charge in [-0.2, -0.15) is 0 Å². The highest BCUT2D eigenvalue weighted by Gasteiger charge is 2.34. The van der Waals surface area contributed by atoms with Crippen molar-refractivity contribution in [3.8, 4) is 0 Å². The lowest BCUT2D eigenvalue weighted by Gasteiger charge is -2.17. The van der Waals surface area contributed by atoms with E-state index in [0.29, 0.717) is 18.1 Å². The van der Waals surface area contributed by atoms with Crippen LogP contribution < -0.4 is 16.0 Å². The number of nitrogens with two attached hydrogens (primary N) is 1. The van der Waals surface area contributed by atoms with E-state index in [-0.39, 0.29) is 30.2 Å². The van der Waals surface area contributed by atoms with E-state index in [1.165, 1.54) is 0 Å². The molecule has 1 aliphatic heterocycles. The first-order chi connectivity index (χ1) is 9.97. The summed E-state index contributed by atoms with van der Waals surface area (Å²) in [5.74, 6) is -0.425. The minimum absolute atomic E-state index is 0.0373. The molecule has 2 atom stereocenters. The van der Waals surface area contributed by atoms with E-state index in [1.807, 2.05) is 6.92 Å². The van der Waals surface area contributed by atoms with E-state index in [4.69, 9.17) is 17.3 Å². The molecule has 1 saturated heterocycles. The molecule has 3 N–H and O–H groups in total. The molecule has 0 spiro atoms. The van der Waals surface area contributed by atoms with Crippen LogP contribution in [0, 0.1) is 5.92 Å². The summed E-state index contributed by atoms with van der Waals surface area (Å²) in [5.41, 5.74) is 6.41. The molecule has 6 heteroatoms. The molecule has 1 aromatic carbocycles. The number of carbonyl (C=O) groups excluding carboxylic acids is 2. The molecule has 2 amide bonds. The largest absolute Gasteiger partial charge is 0.356 e. The second-order valence-electron chi connectivity index (χ2n) is 5.44. The summed E-state index contributed by atoms with van der Waals surface area (Å²) in [7, 11) is 0. The first kappa shape index (κ1) is 15.8. The van der Waals surface area contributed by atoms with Crippen LogP contribution in [-0.4, -0.2) is 30.9 Å². The lowest BCUT2D eigenvalue weighted by molar-refractivity contribution is -0.126. The lowest BCUT2D eigenvalue weighted by Crippen LogP contribution is -2.35. The maximum absolute atomic E-state index is 12.1. The van der Waals surface area contributed by atoms with Gasteiger partial charge in [0, 0.05) is 36.3 Å². The fraction of sp³-hybridized carbons (Fsp3) is 0.467. The fourth-order valence-electron chi connectivity index (χ4n) is 2.32. The molecule has 0 aromatic heterocycles. The number of amides is 2. The highest BCUT2D eigenvalue weighted by molar-refractivity contribution is 6.30. The van der Waals surface area contributed by atoms with Crippen molar-refractivity contribution < 1.29 is 9.59 Å². The summed E-state index contributed by atoms with van der Waals surface area (Å²) in [6.45, 7) is 2.85. The molecule has 5 nitrogen and oxygen atoms in total. The highest BCUT2D eigenvalue weighted by atomic mass is 35.5. The molecule has 0 radical (unpaired) electrons. The molecule has 0 aliphatic carbocycles. The summed E-state index contributed by atoms with van der Waals surface area (Å²) in [6, 6.07) is 7.11. The molecule has 2 unspecified atom stereocenters. The van der Waals surface area contributed by atoms with Gasteiger partial charge in [-0.25, -0.2) is 0 Å². The monoisotopic (exact) mass is 309 g/mol. The normalized spacial score (nSPS) is 19.7.